The quantitative estimate of drug-likeness (QED) is 0.718. The van der Waals surface area contributed by atoms with Gasteiger partial charge in [-0.25, -0.2) is 0 Å². The number of halogens is 2. The van der Waals surface area contributed by atoms with E-state index < -0.39 is 27.1 Å². The molecule has 1 aliphatic carbocycles. The largest absolute Gasteiger partial charge is 0.147 e. The minimum Gasteiger partial charge on any atom is -0.147 e. The van der Waals surface area contributed by atoms with Gasteiger partial charge in [-0.1, -0.05) is 0 Å². The van der Waals surface area contributed by atoms with E-state index >= 15 is 0 Å². The van der Waals surface area contributed by atoms with Gasteiger partial charge in [0.2, 0.25) is 0 Å². The SMILES string of the molecule is CCC(C)[NH][Zr]([C]1=CC(C)=CC1)[SiH](C)C.Cl.Cl. The fraction of sp³-hybridized carbons (Fsp3) is 0.667. The van der Waals surface area contributed by atoms with E-state index in [9.17, 15) is 0 Å². The standard InChI is InChI=1S/C6H7.C4H10N.C2H7Si.2ClH.Zr/c1-6-4-2-3-5-6;1-3-4(2)5;1-3-2;;;/h4-5H,2H2,1H3;4-5H,3H2,1-2H3;3H,1-2H3;2*1H;/q;-1;;;;+1. The fourth-order valence-corrected chi connectivity index (χ4v) is 17.7. The summed E-state index contributed by atoms with van der Waals surface area (Å²) in [5, 5.41) is 0. The molecule has 101 valence electrons. The maximum Gasteiger partial charge on any atom is -0.147 e. The number of rotatable bonds is 5. The summed E-state index contributed by atoms with van der Waals surface area (Å²) in [6.07, 6.45) is 7.39. The zero-order valence-corrected chi connectivity index (χ0v) is 16.8. The Morgan fingerprint density at radius 1 is 1.41 bits per heavy atom. The second-order valence-corrected chi connectivity index (χ2v) is 23.4. The van der Waals surface area contributed by atoms with Crippen LogP contribution < -0.4 is 3.26 Å². The van der Waals surface area contributed by atoms with Gasteiger partial charge >= 0.3 is 104 Å². The molecule has 0 heterocycles. The second kappa shape index (κ2) is 9.97. The third kappa shape index (κ3) is 6.73. The summed E-state index contributed by atoms with van der Waals surface area (Å²) in [5.41, 5.74) is 1.49. The smallest absolute Gasteiger partial charge is 0.147 e. The molecular weight excluding hydrogens is 348 g/mol. The van der Waals surface area contributed by atoms with Crippen LogP contribution in [-0.4, -0.2) is 12.0 Å². The molecule has 0 aliphatic heterocycles. The molecule has 0 aromatic carbocycles. The summed E-state index contributed by atoms with van der Waals surface area (Å²) in [6, 6.07) is 0.733. The van der Waals surface area contributed by atoms with Crippen molar-refractivity contribution in [2.24, 2.45) is 0 Å². The van der Waals surface area contributed by atoms with E-state index in [1.165, 1.54) is 18.4 Å². The summed E-state index contributed by atoms with van der Waals surface area (Å²) in [5.74, 6) is -0.452. The summed E-state index contributed by atoms with van der Waals surface area (Å²) in [7, 11) is 0. The summed E-state index contributed by atoms with van der Waals surface area (Å²) >= 11 is -1.38. The molecule has 1 aliphatic rings. The Kier molecular flexibility index (Phi) is 12.0. The predicted octanol–water partition coefficient (Wildman–Crippen LogP) is 3.97. The molecule has 1 nitrogen and oxygen atoms in total. The molecule has 0 radical (unpaired) electrons. The van der Waals surface area contributed by atoms with Crippen molar-refractivity contribution in [3.05, 3.63) is 21.0 Å². The van der Waals surface area contributed by atoms with Crippen molar-refractivity contribution in [1.29, 1.82) is 0 Å². The van der Waals surface area contributed by atoms with Crippen molar-refractivity contribution in [3.63, 3.8) is 0 Å². The van der Waals surface area contributed by atoms with Crippen LogP contribution in [0.15, 0.2) is 21.0 Å². The van der Waals surface area contributed by atoms with Crippen LogP contribution in [0.2, 0.25) is 13.1 Å². The van der Waals surface area contributed by atoms with Crippen LogP contribution in [0.5, 0.6) is 0 Å². The first kappa shape index (κ1) is 20.4. The third-order valence-corrected chi connectivity index (χ3v) is 20.4. The van der Waals surface area contributed by atoms with Gasteiger partial charge in [0, 0.05) is 0 Å². The molecule has 0 aromatic heterocycles. The minimum atomic E-state index is -1.38. The van der Waals surface area contributed by atoms with Crippen LogP contribution in [-0.2, 0) is 21.2 Å². The molecule has 0 bridgehead atoms. The van der Waals surface area contributed by atoms with Gasteiger partial charge in [0.15, 0.2) is 0 Å². The Morgan fingerprint density at radius 3 is 2.35 bits per heavy atom. The van der Waals surface area contributed by atoms with Crippen molar-refractivity contribution >= 4 is 30.7 Å². The zero-order chi connectivity index (χ0) is 11.4. The van der Waals surface area contributed by atoms with Crippen LogP contribution in [0.3, 0.4) is 0 Å². The molecule has 0 fully saturated rings. The van der Waals surface area contributed by atoms with E-state index in [0.717, 1.165) is 6.04 Å². The molecule has 0 amide bonds. The monoisotopic (exact) mass is 372 g/mol. The molecule has 1 N–H and O–H groups in total. The van der Waals surface area contributed by atoms with Crippen LogP contribution in [0.4, 0.5) is 0 Å². The first-order valence-electron chi connectivity index (χ1n) is 6.05. The average molecular weight is 375 g/mol. The van der Waals surface area contributed by atoms with Crippen LogP contribution >= 0.6 is 24.8 Å². The van der Waals surface area contributed by atoms with E-state index in [1.54, 1.807) is 0 Å². The molecule has 0 spiro atoms. The number of allylic oxidation sites excluding steroid dienone is 4. The van der Waals surface area contributed by atoms with E-state index in [1.807, 2.05) is 3.28 Å². The van der Waals surface area contributed by atoms with Crippen LogP contribution in [0.1, 0.15) is 33.6 Å². The Morgan fingerprint density at radius 2 is 2.00 bits per heavy atom. The molecule has 17 heavy (non-hydrogen) atoms. The maximum absolute atomic E-state index is 3.99. The summed E-state index contributed by atoms with van der Waals surface area (Å²) in [4.78, 5) is 0. The Bertz CT molecular complexity index is 280. The summed E-state index contributed by atoms with van der Waals surface area (Å²) < 4.78 is 5.80. The second-order valence-electron chi connectivity index (χ2n) is 4.84. The fourth-order valence-electron chi connectivity index (χ4n) is 1.85. The number of nitrogens with one attached hydrogen (secondary N) is 1. The molecule has 1 atom stereocenters. The van der Waals surface area contributed by atoms with Crippen molar-refractivity contribution < 1.29 is 21.2 Å². The summed E-state index contributed by atoms with van der Waals surface area (Å²) in [6.45, 7) is 11.9. The maximum atomic E-state index is 3.99. The van der Waals surface area contributed by atoms with E-state index in [2.05, 4.69) is 49.3 Å². The molecule has 0 saturated carbocycles. The average Bonchev–Trinajstić information content (AvgIpc) is 2.60. The van der Waals surface area contributed by atoms with Gasteiger partial charge in [-0.05, 0) is 0 Å². The van der Waals surface area contributed by atoms with E-state index in [0.29, 0.717) is 0 Å². The van der Waals surface area contributed by atoms with Gasteiger partial charge < -0.3 is 0 Å². The third-order valence-electron chi connectivity index (χ3n) is 2.98. The van der Waals surface area contributed by atoms with Gasteiger partial charge in [-0.2, -0.15) is 0 Å². The normalized spacial score (nSPS) is 15.6. The topological polar surface area (TPSA) is 12.0 Å². The number of hydrogen-bond acceptors (Lipinski definition) is 1. The van der Waals surface area contributed by atoms with Gasteiger partial charge in [0.25, 0.3) is 0 Å². The van der Waals surface area contributed by atoms with Gasteiger partial charge in [0.05, 0.1) is 0 Å². The molecule has 0 aromatic rings. The number of hydrogen-bond donors (Lipinski definition) is 1. The predicted molar refractivity (Wildman–Crippen MR) is 82.7 cm³/mol. The van der Waals surface area contributed by atoms with Crippen LogP contribution in [0, 0.1) is 0 Å². The Labute approximate surface area is 128 Å². The van der Waals surface area contributed by atoms with E-state index in [-0.39, 0.29) is 24.8 Å². The van der Waals surface area contributed by atoms with Crippen molar-refractivity contribution in [3.8, 4) is 0 Å². The van der Waals surface area contributed by atoms with E-state index in [4.69, 9.17) is 0 Å². The minimum absolute atomic E-state index is 0. The van der Waals surface area contributed by atoms with Gasteiger partial charge in [-0.15, -0.1) is 24.8 Å². The van der Waals surface area contributed by atoms with Crippen molar-refractivity contribution in [1.82, 2.24) is 3.26 Å². The first-order valence-corrected chi connectivity index (χ1v) is 15.7. The zero-order valence-electron chi connectivity index (χ0n) is 11.5. The van der Waals surface area contributed by atoms with Crippen molar-refractivity contribution in [2.75, 3.05) is 0 Å². The van der Waals surface area contributed by atoms with Crippen LogP contribution in [0.25, 0.3) is 0 Å². The molecule has 1 rings (SSSR count). The van der Waals surface area contributed by atoms with Gasteiger partial charge in [0.1, 0.15) is 0 Å². The Hall–Kier alpha value is 1.12. The molecule has 1 unspecified atom stereocenters. The Balaban J connectivity index is 0. The molecule has 0 saturated heterocycles. The van der Waals surface area contributed by atoms with Crippen molar-refractivity contribution in [2.45, 2.75) is 52.7 Å². The van der Waals surface area contributed by atoms with Gasteiger partial charge in [-0.3, -0.25) is 0 Å². The molecular formula is C12H26Cl2NSiZr. The first-order chi connectivity index (χ1) is 7.04. The molecule has 5 heteroatoms.